The highest BCUT2D eigenvalue weighted by molar-refractivity contribution is 5.92. The molecule has 0 saturated carbocycles. The zero-order chi connectivity index (χ0) is 29.9. The van der Waals surface area contributed by atoms with Gasteiger partial charge in [0.05, 0.1) is 41.3 Å². The van der Waals surface area contributed by atoms with E-state index < -0.39 is 6.43 Å². The number of hydrogen-bond acceptors (Lipinski definition) is 7. The molecule has 1 aliphatic heterocycles. The van der Waals surface area contributed by atoms with E-state index in [4.69, 9.17) is 9.47 Å². The summed E-state index contributed by atoms with van der Waals surface area (Å²) in [5.41, 5.74) is 2.90. The van der Waals surface area contributed by atoms with Crippen molar-refractivity contribution in [1.82, 2.24) is 24.6 Å². The third-order valence-electron chi connectivity index (χ3n) is 7.17. The number of piperidine rings is 1. The SMILES string of the molecule is Cc1cc(CC(=O)Nc2cnn(C(C)(C)C)c2)ccc1Oc1ncnc2ccc(OC3CCN(CC(F)F)CC3)cc12. The molecule has 11 heteroatoms. The number of benzene rings is 2. The number of rotatable bonds is 9. The van der Waals surface area contributed by atoms with Crippen LogP contribution in [0.3, 0.4) is 0 Å². The van der Waals surface area contributed by atoms with Crippen LogP contribution in [0.2, 0.25) is 0 Å². The van der Waals surface area contributed by atoms with Crippen LogP contribution < -0.4 is 14.8 Å². The highest BCUT2D eigenvalue weighted by Gasteiger charge is 2.23. The Morgan fingerprint density at radius 2 is 1.90 bits per heavy atom. The number of anilines is 1. The number of aromatic nitrogens is 4. The second-order valence-corrected chi connectivity index (χ2v) is 11.6. The monoisotopic (exact) mass is 578 g/mol. The Bertz CT molecular complexity index is 1540. The van der Waals surface area contributed by atoms with Crippen molar-refractivity contribution in [3.8, 4) is 17.4 Å². The Morgan fingerprint density at radius 3 is 2.60 bits per heavy atom. The fourth-order valence-corrected chi connectivity index (χ4v) is 4.95. The smallest absolute Gasteiger partial charge is 0.251 e. The molecule has 0 atom stereocenters. The molecule has 1 amide bonds. The van der Waals surface area contributed by atoms with E-state index in [-0.39, 0.29) is 30.5 Å². The minimum atomic E-state index is -2.32. The number of likely N-dealkylation sites (tertiary alicyclic amines) is 1. The zero-order valence-corrected chi connectivity index (χ0v) is 24.3. The third kappa shape index (κ3) is 7.39. The van der Waals surface area contributed by atoms with Crippen LogP contribution in [0.4, 0.5) is 14.5 Å². The molecule has 0 unspecified atom stereocenters. The predicted octanol–water partition coefficient (Wildman–Crippen LogP) is 5.97. The van der Waals surface area contributed by atoms with E-state index in [1.165, 1.54) is 6.33 Å². The minimum Gasteiger partial charge on any atom is -0.490 e. The fourth-order valence-electron chi connectivity index (χ4n) is 4.95. The van der Waals surface area contributed by atoms with Crippen molar-refractivity contribution in [3.63, 3.8) is 0 Å². The number of ether oxygens (including phenoxy) is 2. The van der Waals surface area contributed by atoms with Crippen LogP contribution >= 0.6 is 0 Å². The number of alkyl halides is 2. The summed E-state index contributed by atoms with van der Waals surface area (Å²) in [6.07, 6.45) is 4.12. The van der Waals surface area contributed by atoms with Crippen molar-refractivity contribution < 1.29 is 23.0 Å². The second kappa shape index (κ2) is 12.4. The number of aryl methyl sites for hydroxylation is 1. The average Bonchev–Trinajstić information content (AvgIpc) is 3.40. The summed E-state index contributed by atoms with van der Waals surface area (Å²) in [5.74, 6) is 1.52. The van der Waals surface area contributed by atoms with E-state index in [9.17, 15) is 13.6 Å². The minimum absolute atomic E-state index is 0.0490. The van der Waals surface area contributed by atoms with Crippen molar-refractivity contribution in [1.29, 1.82) is 0 Å². The van der Waals surface area contributed by atoms with Gasteiger partial charge < -0.3 is 14.8 Å². The van der Waals surface area contributed by atoms with Gasteiger partial charge in [-0.2, -0.15) is 5.10 Å². The lowest BCUT2D eigenvalue weighted by Crippen LogP contribution is -2.40. The first kappa shape index (κ1) is 29.4. The van der Waals surface area contributed by atoms with Crippen molar-refractivity contribution in [2.45, 2.75) is 65.0 Å². The molecule has 2 aromatic carbocycles. The van der Waals surface area contributed by atoms with Gasteiger partial charge in [-0.25, -0.2) is 18.7 Å². The molecule has 222 valence electrons. The average molecular weight is 579 g/mol. The summed E-state index contributed by atoms with van der Waals surface area (Å²) < 4.78 is 39.6. The molecule has 1 aliphatic rings. The normalized spacial score (nSPS) is 14.8. The van der Waals surface area contributed by atoms with Crippen LogP contribution in [0, 0.1) is 6.92 Å². The Balaban J connectivity index is 1.23. The quantitative estimate of drug-likeness (QED) is 0.261. The molecule has 42 heavy (non-hydrogen) atoms. The standard InChI is InChI=1S/C31H36F2N6O3/c1-20-13-21(14-29(40)37-22-16-36-39(17-22)31(2,3)4)5-8-27(20)42-30-25-15-24(6-7-26(25)34-19-35-30)41-23-9-11-38(12-10-23)18-28(32)33/h5-8,13,15-17,19,23,28H,9-12,14,18H2,1-4H3,(H,37,40). The maximum Gasteiger partial charge on any atom is 0.251 e. The Morgan fingerprint density at radius 1 is 1.12 bits per heavy atom. The first-order valence-electron chi connectivity index (χ1n) is 14.1. The van der Waals surface area contributed by atoms with Gasteiger partial charge in [0.15, 0.2) is 0 Å². The highest BCUT2D eigenvalue weighted by Crippen LogP contribution is 2.32. The van der Waals surface area contributed by atoms with Gasteiger partial charge in [-0.05, 0) is 75.9 Å². The molecule has 0 radical (unpaired) electrons. The number of halogens is 2. The predicted molar refractivity (Wildman–Crippen MR) is 156 cm³/mol. The maximum atomic E-state index is 12.7. The number of nitrogens with one attached hydrogen (secondary N) is 1. The first-order valence-corrected chi connectivity index (χ1v) is 14.1. The maximum absolute atomic E-state index is 12.7. The Labute approximate surface area is 243 Å². The summed E-state index contributed by atoms with van der Waals surface area (Å²) in [5, 5.41) is 7.93. The number of amides is 1. The van der Waals surface area contributed by atoms with Gasteiger partial charge in [0, 0.05) is 19.3 Å². The van der Waals surface area contributed by atoms with E-state index in [2.05, 4.69) is 20.4 Å². The van der Waals surface area contributed by atoms with Gasteiger partial charge >= 0.3 is 0 Å². The lowest BCUT2D eigenvalue weighted by Gasteiger charge is -2.31. The molecule has 0 aliphatic carbocycles. The number of fused-ring (bicyclic) bond motifs is 1. The van der Waals surface area contributed by atoms with Crippen molar-refractivity contribution in [2.24, 2.45) is 0 Å². The van der Waals surface area contributed by atoms with Crippen molar-refractivity contribution in [3.05, 3.63) is 66.2 Å². The molecule has 1 N–H and O–H groups in total. The van der Waals surface area contributed by atoms with Crippen LogP contribution in [0.25, 0.3) is 10.9 Å². The van der Waals surface area contributed by atoms with E-state index in [0.717, 1.165) is 11.1 Å². The number of carbonyl (C=O) groups excluding carboxylic acids is 1. The first-order chi connectivity index (χ1) is 20.0. The molecule has 4 aromatic rings. The molecule has 3 heterocycles. The van der Waals surface area contributed by atoms with E-state index in [1.807, 2.05) is 75.0 Å². The van der Waals surface area contributed by atoms with Crippen LogP contribution in [0.1, 0.15) is 44.7 Å². The van der Waals surface area contributed by atoms with Gasteiger partial charge in [0.1, 0.15) is 23.9 Å². The summed E-state index contributed by atoms with van der Waals surface area (Å²) in [4.78, 5) is 23.2. The molecular weight excluding hydrogens is 542 g/mol. The van der Waals surface area contributed by atoms with Gasteiger partial charge in [-0.1, -0.05) is 12.1 Å². The van der Waals surface area contributed by atoms with Gasteiger partial charge in [-0.3, -0.25) is 14.4 Å². The molecule has 0 spiro atoms. The fraction of sp³-hybridized carbons (Fsp3) is 0.419. The number of hydrogen-bond donors (Lipinski definition) is 1. The van der Waals surface area contributed by atoms with E-state index >= 15 is 0 Å². The van der Waals surface area contributed by atoms with Crippen LogP contribution in [-0.4, -0.2) is 62.7 Å². The Hall–Kier alpha value is -4.12. The number of nitrogens with zero attached hydrogens (tertiary/aromatic N) is 5. The third-order valence-corrected chi connectivity index (χ3v) is 7.17. The molecule has 1 fully saturated rings. The zero-order valence-electron chi connectivity index (χ0n) is 24.3. The molecule has 2 aromatic heterocycles. The summed E-state index contributed by atoms with van der Waals surface area (Å²) >= 11 is 0. The summed E-state index contributed by atoms with van der Waals surface area (Å²) in [7, 11) is 0. The summed E-state index contributed by atoms with van der Waals surface area (Å²) in [6, 6.07) is 11.2. The van der Waals surface area contributed by atoms with Crippen LogP contribution in [0.5, 0.6) is 17.4 Å². The van der Waals surface area contributed by atoms with E-state index in [1.54, 1.807) is 11.1 Å². The molecule has 0 bridgehead atoms. The van der Waals surface area contributed by atoms with Gasteiger partial charge in [0.25, 0.3) is 6.43 Å². The van der Waals surface area contributed by atoms with Crippen molar-refractivity contribution >= 4 is 22.5 Å². The molecule has 5 rings (SSSR count). The number of carbonyl (C=O) groups is 1. The highest BCUT2D eigenvalue weighted by atomic mass is 19.3. The van der Waals surface area contributed by atoms with Crippen LogP contribution in [-0.2, 0) is 16.8 Å². The molecule has 1 saturated heterocycles. The lowest BCUT2D eigenvalue weighted by atomic mass is 10.1. The topological polar surface area (TPSA) is 94.4 Å². The van der Waals surface area contributed by atoms with Gasteiger partial charge in [0.2, 0.25) is 11.8 Å². The summed E-state index contributed by atoms with van der Waals surface area (Å²) in [6.45, 7) is 9.02. The Kier molecular flexibility index (Phi) is 8.67. The lowest BCUT2D eigenvalue weighted by molar-refractivity contribution is -0.115. The van der Waals surface area contributed by atoms with E-state index in [0.29, 0.717) is 59.9 Å². The second-order valence-electron chi connectivity index (χ2n) is 11.6. The van der Waals surface area contributed by atoms with Crippen molar-refractivity contribution in [2.75, 3.05) is 25.0 Å². The largest absolute Gasteiger partial charge is 0.490 e. The molecular formula is C31H36F2N6O3. The van der Waals surface area contributed by atoms with Crippen LogP contribution in [0.15, 0.2) is 55.1 Å². The molecule has 9 nitrogen and oxygen atoms in total. The van der Waals surface area contributed by atoms with Gasteiger partial charge in [-0.15, -0.1) is 0 Å².